The largest absolute Gasteiger partial charge is 0.396 e. The number of aliphatic hydroxyl groups excluding tert-OH is 1. The molecule has 19 heavy (non-hydrogen) atoms. The van der Waals surface area contributed by atoms with Crippen LogP contribution in [0.15, 0.2) is 12.3 Å². The van der Waals surface area contributed by atoms with Crippen molar-refractivity contribution in [3.05, 3.63) is 18.1 Å². The predicted molar refractivity (Wildman–Crippen MR) is 77.2 cm³/mol. The SMILES string of the molecule is CC(C)(C)c1nccc(NCC2(CCO)CCC2)n1. The molecule has 1 fully saturated rings. The highest BCUT2D eigenvalue weighted by atomic mass is 16.3. The van der Waals surface area contributed by atoms with E-state index in [1.807, 2.05) is 12.3 Å². The molecule has 0 unspecified atom stereocenters. The highest BCUT2D eigenvalue weighted by Crippen LogP contribution is 2.43. The van der Waals surface area contributed by atoms with Crippen molar-refractivity contribution in [2.24, 2.45) is 5.41 Å². The summed E-state index contributed by atoms with van der Waals surface area (Å²) >= 11 is 0. The molecule has 0 radical (unpaired) electrons. The number of anilines is 1. The molecule has 1 aliphatic rings. The molecule has 1 heterocycles. The number of hydrogen-bond acceptors (Lipinski definition) is 4. The molecule has 1 aliphatic carbocycles. The second-order valence-electron chi connectivity index (χ2n) is 6.70. The van der Waals surface area contributed by atoms with Crippen LogP contribution in [0.2, 0.25) is 0 Å². The number of nitrogens with zero attached hydrogens (tertiary/aromatic N) is 2. The fourth-order valence-corrected chi connectivity index (χ4v) is 2.53. The van der Waals surface area contributed by atoms with Gasteiger partial charge >= 0.3 is 0 Å². The zero-order chi connectivity index (χ0) is 13.9. The van der Waals surface area contributed by atoms with Gasteiger partial charge in [0.15, 0.2) is 0 Å². The number of hydrogen-bond donors (Lipinski definition) is 2. The first-order chi connectivity index (χ1) is 8.95. The van der Waals surface area contributed by atoms with Gasteiger partial charge in [-0.25, -0.2) is 9.97 Å². The third kappa shape index (κ3) is 3.44. The van der Waals surface area contributed by atoms with Crippen molar-refractivity contribution in [1.82, 2.24) is 9.97 Å². The highest BCUT2D eigenvalue weighted by Gasteiger charge is 2.36. The monoisotopic (exact) mass is 263 g/mol. The number of aliphatic hydroxyl groups is 1. The van der Waals surface area contributed by atoms with Crippen molar-refractivity contribution < 1.29 is 5.11 Å². The van der Waals surface area contributed by atoms with Gasteiger partial charge in [0, 0.05) is 24.8 Å². The molecule has 4 heteroatoms. The van der Waals surface area contributed by atoms with E-state index < -0.39 is 0 Å². The molecule has 0 aliphatic heterocycles. The molecule has 0 atom stereocenters. The Hall–Kier alpha value is -1.16. The van der Waals surface area contributed by atoms with Gasteiger partial charge in [0.1, 0.15) is 11.6 Å². The zero-order valence-corrected chi connectivity index (χ0v) is 12.2. The summed E-state index contributed by atoms with van der Waals surface area (Å²) in [6.45, 7) is 7.52. The third-order valence-electron chi connectivity index (χ3n) is 4.03. The van der Waals surface area contributed by atoms with Crippen molar-refractivity contribution >= 4 is 5.82 Å². The van der Waals surface area contributed by atoms with Gasteiger partial charge in [-0.1, -0.05) is 27.2 Å². The Morgan fingerprint density at radius 2 is 2.11 bits per heavy atom. The topological polar surface area (TPSA) is 58.0 Å². The van der Waals surface area contributed by atoms with Crippen LogP contribution in [-0.2, 0) is 5.41 Å². The minimum atomic E-state index is -0.0308. The van der Waals surface area contributed by atoms with Gasteiger partial charge < -0.3 is 10.4 Å². The molecule has 0 bridgehead atoms. The number of rotatable bonds is 5. The average Bonchev–Trinajstić information content (AvgIpc) is 2.32. The second-order valence-corrected chi connectivity index (χ2v) is 6.70. The number of aromatic nitrogens is 2. The lowest BCUT2D eigenvalue weighted by Gasteiger charge is -2.42. The van der Waals surface area contributed by atoms with Crippen LogP contribution in [-0.4, -0.2) is 28.2 Å². The van der Waals surface area contributed by atoms with E-state index in [1.54, 1.807) is 0 Å². The lowest BCUT2D eigenvalue weighted by atomic mass is 9.67. The normalized spacial score (nSPS) is 17.9. The van der Waals surface area contributed by atoms with Gasteiger partial charge in [-0.15, -0.1) is 0 Å². The predicted octanol–water partition coefficient (Wildman–Crippen LogP) is 2.74. The van der Waals surface area contributed by atoms with Gasteiger partial charge in [-0.3, -0.25) is 0 Å². The Morgan fingerprint density at radius 3 is 2.63 bits per heavy atom. The van der Waals surface area contributed by atoms with Gasteiger partial charge in [-0.05, 0) is 30.7 Å². The summed E-state index contributed by atoms with van der Waals surface area (Å²) < 4.78 is 0. The second kappa shape index (κ2) is 5.45. The lowest BCUT2D eigenvalue weighted by molar-refractivity contribution is 0.101. The maximum Gasteiger partial charge on any atom is 0.135 e. The number of nitrogens with one attached hydrogen (secondary N) is 1. The fraction of sp³-hybridized carbons (Fsp3) is 0.733. The molecule has 0 saturated heterocycles. The molecule has 0 amide bonds. The van der Waals surface area contributed by atoms with Crippen LogP contribution in [0.25, 0.3) is 0 Å². The minimum absolute atomic E-state index is 0.0308. The molecular formula is C15H25N3O. The summed E-state index contributed by atoms with van der Waals surface area (Å²) in [5, 5.41) is 12.6. The fourth-order valence-electron chi connectivity index (χ4n) is 2.53. The smallest absolute Gasteiger partial charge is 0.135 e. The van der Waals surface area contributed by atoms with Crippen LogP contribution in [0.5, 0.6) is 0 Å². The first-order valence-electron chi connectivity index (χ1n) is 7.14. The van der Waals surface area contributed by atoms with Gasteiger partial charge in [-0.2, -0.15) is 0 Å². The molecule has 106 valence electrons. The molecular weight excluding hydrogens is 238 g/mol. The van der Waals surface area contributed by atoms with E-state index in [-0.39, 0.29) is 17.4 Å². The summed E-state index contributed by atoms with van der Waals surface area (Å²) in [6.07, 6.45) is 6.39. The van der Waals surface area contributed by atoms with Crippen molar-refractivity contribution in [2.45, 2.75) is 51.9 Å². The van der Waals surface area contributed by atoms with E-state index in [1.165, 1.54) is 19.3 Å². The van der Waals surface area contributed by atoms with E-state index >= 15 is 0 Å². The van der Waals surface area contributed by atoms with Gasteiger partial charge in [0.05, 0.1) is 0 Å². The van der Waals surface area contributed by atoms with E-state index in [2.05, 4.69) is 36.1 Å². The summed E-state index contributed by atoms with van der Waals surface area (Å²) in [4.78, 5) is 8.92. The average molecular weight is 263 g/mol. The summed E-state index contributed by atoms with van der Waals surface area (Å²) in [5.41, 5.74) is 0.249. The molecule has 1 aromatic rings. The molecule has 1 saturated carbocycles. The Morgan fingerprint density at radius 1 is 1.37 bits per heavy atom. The van der Waals surface area contributed by atoms with Crippen molar-refractivity contribution in [3.8, 4) is 0 Å². The molecule has 4 nitrogen and oxygen atoms in total. The Kier molecular flexibility index (Phi) is 4.09. The standard InChI is InChI=1S/C15H25N3O/c1-14(2,3)13-16-9-5-12(18-13)17-11-15(8-10-19)6-4-7-15/h5,9,19H,4,6-8,10-11H2,1-3H3,(H,16,17,18). The quantitative estimate of drug-likeness (QED) is 0.857. The van der Waals surface area contributed by atoms with E-state index in [9.17, 15) is 0 Å². The molecule has 1 aromatic heterocycles. The maximum atomic E-state index is 9.16. The van der Waals surface area contributed by atoms with Crippen LogP contribution >= 0.6 is 0 Å². The maximum absolute atomic E-state index is 9.16. The van der Waals surface area contributed by atoms with Crippen LogP contribution < -0.4 is 5.32 Å². The minimum Gasteiger partial charge on any atom is -0.396 e. The van der Waals surface area contributed by atoms with Gasteiger partial charge in [0.25, 0.3) is 0 Å². The van der Waals surface area contributed by atoms with Crippen LogP contribution in [0, 0.1) is 5.41 Å². The van der Waals surface area contributed by atoms with Crippen molar-refractivity contribution in [2.75, 3.05) is 18.5 Å². The zero-order valence-electron chi connectivity index (χ0n) is 12.2. The van der Waals surface area contributed by atoms with Crippen LogP contribution in [0.4, 0.5) is 5.82 Å². The lowest BCUT2D eigenvalue weighted by Crippen LogP contribution is -2.37. The van der Waals surface area contributed by atoms with Crippen LogP contribution in [0.3, 0.4) is 0 Å². The molecule has 2 rings (SSSR count). The summed E-state index contributed by atoms with van der Waals surface area (Å²) in [7, 11) is 0. The van der Waals surface area contributed by atoms with Crippen molar-refractivity contribution in [1.29, 1.82) is 0 Å². The van der Waals surface area contributed by atoms with Crippen molar-refractivity contribution in [3.63, 3.8) is 0 Å². The Balaban J connectivity index is 2.00. The first kappa shape index (κ1) is 14.3. The highest BCUT2D eigenvalue weighted by molar-refractivity contribution is 5.34. The molecule has 0 aromatic carbocycles. The van der Waals surface area contributed by atoms with E-state index in [4.69, 9.17) is 5.11 Å². The Labute approximate surface area is 115 Å². The summed E-state index contributed by atoms with van der Waals surface area (Å²) in [6, 6.07) is 1.92. The summed E-state index contributed by atoms with van der Waals surface area (Å²) in [5.74, 6) is 1.76. The Bertz CT molecular complexity index is 422. The van der Waals surface area contributed by atoms with Crippen LogP contribution in [0.1, 0.15) is 52.3 Å². The van der Waals surface area contributed by atoms with Gasteiger partial charge in [0.2, 0.25) is 0 Å². The van der Waals surface area contributed by atoms with E-state index in [0.29, 0.717) is 0 Å². The third-order valence-corrected chi connectivity index (χ3v) is 4.03. The first-order valence-corrected chi connectivity index (χ1v) is 7.14. The molecule has 2 N–H and O–H groups in total. The molecule has 0 spiro atoms. The van der Waals surface area contributed by atoms with E-state index in [0.717, 1.165) is 24.6 Å².